The zero-order valence-corrected chi connectivity index (χ0v) is 13.6. The lowest BCUT2D eigenvalue weighted by Crippen LogP contribution is -2.46. The highest BCUT2D eigenvalue weighted by Crippen LogP contribution is 2.43. The molecule has 0 spiro atoms. The summed E-state index contributed by atoms with van der Waals surface area (Å²) in [6, 6.07) is 0.902. The van der Waals surface area contributed by atoms with E-state index in [0.717, 1.165) is 23.8 Å². The molecule has 3 atom stereocenters. The normalized spacial score (nSPS) is 39.0. The van der Waals surface area contributed by atoms with Crippen LogP contribution in [0.25, 0.3) is 0 Å². The van der Waals surface area contributed by atoms with Gasteiger partial charge in [0.1, 0.15) is 0 Å². The van der Waals surface area contributed by atoms with E-state index in [1.54, 1.807) is 0 Å². The highest BCUT2D eigenvalue weighted by molar-refractivity contribution is 5.10. The molecule has 4 aliphatic rings. The average molecular weight is 288 g/mol. The Morgan fingerprint density at radius 1 is 0.810 bits per heavy atom. The lowest BCUT2D eigenvalue weighted by molar-refractivity contribution is 0.0980. The van der Waals surface area contributed by atoms with Crippen LogP contribution in [0.15, 0.2) is 12.2 Å². The largest absolute Gasteiger partial charge is 0.303 e. The number of rotatable bonds is 3. The van der Waals surface area contributed by atoms with Gasteiger partial charge in [-0.05, 0) is 82.5 Å². The molecular weight excluding hydrogens is 256 g/mol. The average Bonchev–Trinajstić information content (AvgIpc) is 3.02. The summed E-state index contributed by atoms with van der Waals surface area (Å²) < 4.78 is 0. The van der Waals surface area contributed by atoms with Gasteiger partial charge in [0.2, 0.25) is 0 Å². The van der Waals surface area contributed by atoms with E-state index in [1.807, 2.05) is 0 Å². The monoisotopic (exact) mass is 288 g/mol. The molecule has 2 aliphatic heterocycles. The maximum Gasteiger partial charge on any atom is 0.0120 e. The van der Waals surface area contributed by atoms with Gasteiger partial charge in [0.15, 0.2) is 0 Å². The van der Waals surface area contributed by atoms with Crippen LogP contribution in [0.1, 0.15) is 51.4 Å². The molecule has 2 bridgehead atoms. The van der Waals surface area contributed by atoms with E-state index >= 15 is 0 Å². The molecule has 2 saturated heterocycles. The molecule has 2 nitrogen and oxygen atoms in total. The Bertz CT molecular complexity index is 362. The third-order valence-electron chi connectivity index (χ3n) is 6.62. The van der Waals surface area contributed by atoms with Crippen LogP contribution < -0.4 is 0 Å². The second-order valence-corrected chi connectivity index (χ2v) is 8.02. The van der Waals surface area contributed by atoms with Crippen LogP contribution in [-0.4, -0.2) is 48.6 Å². The van der Waals surface area contributed by atoms with Gasteiger partial charge < -0.3 is 9.80 Å². The van der Waals surface area contributed by atoms with Crippen LogP contribution in [0.5, 0.6) is 0 Å². The van der Waals surface area contributed by atoms with Crippen molar-refractivity contribution in [3.8, 4) is 0 Å². The number of piperidine rings is 1. The van der Waals surface area contributed by atoms with E-state index in [0.29, 0.717) is 0 Å². The van der Waals surface area contributed by atoms with E-state index in [1.165, 1.54) is 84.1 Å². The number of fused-ring (bicyclic) bond motifs is 2. The molecule has 0 amide bonds. The summed E-state index contributed by atoms with van der Waals surface area (Å²) in [6.45, 7) is 6.86. The first kappa shape index (κ1) is 14.3. The molecule has 0 aromatic heterocycles. The highest BCUT2D eigenvalue weighted by atomic mass is 15.2. The summed E-state index contributed by atoms with van der Waals surface area (Å²) >= 11 is 0. The number of hydrogen-bond donors (Lipinski definition) is 0. The first-order valence-corrected chi connectivity index (χ1v) is 9.53. The molecule has 0 aromatic carbocycles. The van der Waals surface area contributed by atoms with Gasteiger partial charge in [-0.25, -0.2) is 0 Å². The number of allylic oxidation sites excluding steroid dienone is 2. The SMILES string of the molecule is C1=C[C@H]2C[C@@H]1C[C@H]2CN1CCC(N2CCCCCC2)CC1. The van der Waals surface area contributed by atoms with Gasteiger partial charge >= 0.3 is 0 Å². The topological polar surface area (TPSA) is 6.48 Å². The van der Waals surface area contributed by atoms with Crippen molar-refractivity contribution in [1.82, 2.24) is 9.80 Å². The van der Waals surface area contributed by atoms with E-state index in [4.69, 9.17) is 0 Å². The van der Waals surface area contributed by atoms with E-state index in [2.05, 4.69) is 22.0 Å². The van der Waals surface area contributed by atoms with Gasteiger partial charge in [-0.2, -0.15) is 0 Å². The fourth-order valence-electron chi connectivity index (χ4n) is 5.36. The zero-order valence-electron chi connectivity index (χ0n) is 13.6. The molecule has 21 heavy (non-hydrogen) atoms. The van der Waals surface area contributed by atoms with Gasteiger partial charge in [0.25, 0.3) is 0 Å². The third kappa shape index (κ3) is 3.22. The van der Waals surface area contributed by atoms with Crippen LogP contribution >= 0.6 is 0 Å². The molecule has 1 saturated carbocycles. The summed E-state index contributed by atoms with van der Waals surface area (Å²) in [6.07, 6.45) is 16.6. The van der Waals surface area contributed by atoms with Crippen molar-refractivity contribution >= 4 is 0 Å². The minimum Gasteiger partial charge on any atom is -0.303 e. The molecule has 3 fully saturated rings. The maximum atomic E-state index is 2.82. The highest BCUT2D eigenvalue weighted by Gasteiger charge is 2.37. The fourth-order valence-corrected chi connectivity index (χ4v) is 5.36. The van der Waals surface area contributed by atoms with Crippen molar-refractivity contribution < 1.29 is 0 Å². The summed E-state index contributed by atoms with van der Waals surface area (Å²) in [5, 5.41) is 0. The minimum absolute atomic E-state index is 0.902. The van der Waals surface area contributed by atoms with Crippen LogP contribution in [0.4, 0.5) is 0 Å². The van der Waals surface area contributed by atoms with Crippen molar-refractivity contribution in [2.75, 3.05) is 32.7 Å². The Morgan fingerprint density at radius 2 is 1.57 bits per heavy atom. The molecule has 2 heterocycles. The van der Waals surface area contributed by atoms with E-state index < -0.39 is 0 Å². The Kier molecular flexibility index (Phi) is 4.36. The molecule has 2 aliphatic carbocycles. The molecule has 4 rings (SSSR count). The van der Waals surface area contributed by atoms with E-state index in [-0.39, 0.29) is 0 Å². The smallest absolute Gasteiger partial charge is 0.0120 e. The van der Waals surface area contributed by atoms with Gasteiger partial charge in [-0.15, -0.1) is 0 Å². The fraction of sp³-hybridized carbons (Fsp3) is 0.895. The molecule has 0 radical (unpaired) electrons. The molecular formula is C19H32N2. The molecule has 118 valence electrons. The zero-order chi connectivity index (χ0) is 14.1. The molecule has 2 heteroatoms. The Labute approximate surface area is 130 Å². The second kappa shape index (κ2) is 6.42. The summed E-state index contributed by atoms with van der Waals surface area (Å²) in [5.41, 5.74) is 0. The van der Waals surface area contributed by atoms with Gasteiger partial charge in [-0.1, -0.05) is 25.0 Å². The van der Waals surface area contributed by atoms with Crippen molar-refractivity contribution in [3.63, 3.8) is 0 Å². The predicted molar refractivity (Wildman–Crippen MR) is 88.3 cm³/mol. The van der Waals surface area contributed by atoms with Crippen LogP contribution in [0.3, 0.4) is 0 Å². The van der Waals surface area contributed by atoms with Crippen LogP contribution in [-0.2, 0) is 0 Å². The minimum atomic E-state index is 0.902. The van der Waals surface area contributed by atoms with Gasteiger partial charge in [0.05, 0.1) is 0 Å². The molecule has 0 N–H and O–H groups in total. The van der Waals surface area contributed by atoms with Crippen molar-refractivity contribution in [2.24, 2.45) is 17.8 Å². The standard InChI is InChI=1S/C19H32N2/c1-2-4-10-21(9-3-1)19-7-11-20(12-8-19)15-18-14-16-5-6-17(18)13-16/h5-6,16-19H,1-4,7-15H2/t16-,17+,18+/m1/s1. The number of likely N-dealkylation sites (tertiary alicyclic amines) is 2. The third-order valence-corrected chi connectivity index (χ3v) is 6.62. The summed E-state index contributed by atoms with van der Waals surface area (Å²) in [4.78, 5) is 5.61. The van der Waals surface area contributed by atoms with Crippen LogP contribution in [0, 0.1) is 17.8 Å². The van der Waals surface area contributed by atoms with Crippen molar-refractivity contribution in [3.05, 3.63) is 12.2 Å². The first-order chi connectivity index (χ1) is 10.4. The molecule has 0 aromatic rings. The van der Waals surface area contributed by atoms with Gasteiger partial charge in [-0.3, -0.25) is 0 Å². The lowest BCUT2D eigenvalue weighted by atomic mass is 9.92. The molecule has 0 unspecified atom stereocenters. The Balaban J connectivity index is 1.24. The van der Waals surface area contributed by atoms with Crippen molar-refractivity contribution in [1.29, 1.82) is 0 Å². The quantitative estimate of drug-likeness (QED) is 0.733. The predicted octanol–water partition coefficient (Wildman–Crippen LogP) is 3.54. The summed E-state index contributed by atoms with van der Waals surface area (Å²) in [5.74, 6) is 2.85. The van der Waals surface area contributed by atoms with Gasteiger partial charge in [0, 0.05) is 12.6 Å². The number of hydrogen-bond acceptors (Lipinski definition) is 2. The Hall–Kier alpha value is -0.340. The first-order valence-electron chi connectivity index (χ1n) is 9.53. The Morgan fingerprint density at radius 3 is 2.19 bits per heavy atom. The maximum absolute atomic E-state index is 2.82. The van der Waals surface area contributed by atoms with Crippen LogP contribution in [0.2, 0.25) is 0 Å². The van der Waals surface area contributed by atoms with E-state index in [9.17, 15) is 0 Å². The number of nitrogens with zero attached hydrogens (tertiary/aromatic N) is 2. The lowest BCUT2D eigenvalue weighted by Gasteiger charge is -2.39. The second-order valence-electron chi connectivity index (χ2n) is 8.02. The summed E-state index contributed by atoms with van der Waals surface area (Å²) in [7, 11) is 0. The van der Waals surface area contributed by atoms with Crippen molar-refractivity contribution in [2.45, 2.75) is 57.4 Å².